The van der Waals surface area contributed by atoms with E-state index < -0.39 is 5.82 Å². The molecule has 0 bridgehead atoms. The Morgan fingerprint density at radius 3 is 2.85 bits per heavy atom. The first kappa shape index (κ1) is 13.9. The summed E-state index contributed by atoms with van der Waals surface area (Å²) < 4.78 is 15.6. The van der Waals surface area contributed by atoms with Crippen molar-refractivity contribution in [2.24, 2.45) is 0 Å². The standard InChI is InChI=1S/C14H16FN5/c1-3-6-20-14(13(17)9(2)19-20)18-12-5-4-10(8-16)7-11(12)15/h4-5,7,18H,3,6,17H2,1-2H3. The molecule has 3 N–H and O–H groups in total. The van der Waals surface area contributed by atoms with E-state index in [4.69, 9.17) is 11.0 Å². The SMILES string of the molecule is CCCn1nc(C)c(N)c1Nc1ccc(C#N)cc1F. The highest BCUT2D eigenvalue weighted by molar-refractivity contribution is 5.71. The molecule has 0 aliphatic heterocycles. The molecular formula is C14H16FN5. The van der Waals surface area contributed by atoms with Gasteiger partial charge in [-0.05, 0) is 31.5 Å². The molecule has 0 atom stereocenters. The molecule has 0 aliphatic carbocycles. The van der Waals surface area contributed by atoms with Crippen LogP contribution in [-0.2, 0) is 6.54 Å². The van der Waals surface area contributed by atoms with Crippen LogP contribution in [0.2, 0.25) is 0 Å². The van der Waals surface area contributed by atoms with Crippen LogP contribution in [0, 0.1) is 24.1 Å². The normalized spacial score (nSPS) is 10.3. The summed E-state index contributed by atoms with van der Waals surface area (Å²) in [7, 11) is 0. The van der Waals surface area contributed by atoms with Gasteiger partial charge in [-0.3, -0.25) is 0 Å². The number of hydrogen-bond acceptors (Lipinski definition) is 4. The van der Waals surface area contributed by atoms with Crippen LogP contribution in [0.4, 0.5) is 21.6 Å². The van der Waals surface area contributed by atoms with Gasteiger partial charge in [0, 0.05) is 6.54 Å². The van der Waals surface area contributed by atoms with E-state index in [9.17, 15) is 4.39 Å². The van der Waals surface area contributed by atoms with Gasteiger partial charge in [-0.1, -0.05) is 6.92 Å². The second-order valence-corrected chi connectivity index (χ2v) is 4.50. The van der Waals surface area contributed by atoms with Gasteiger partial charge in [0.1, 0.15) is 5.82 Å². The van der Waals surface area contributed by atoms with Crippen molar-refractivity contribution in [2.75, 3.05) is 11.1 Å². The van der Waals surface area contributed by atoms with Crippen LogP contribution in [0.5, 0.6) is 0 Å². The molecule has 2 rings (SSSR count). The number of hydrogen-bond donors (Lipinski definition) is 2. The number of aryl methyl sites for hydroxylation is 2. The lowest BCUT2D eigenvalue weighted by Gasteiger charge is -2.11. The highest BCUT2D eigenvalue weighted by Crippen LogP contribution is 2.28. The number of benzene rings is 1. The Bertz CT molecular complexity index is 669. The Balaban J connectivity index is 2.37. The fourth-order valence-electron chi connectivity index (χ4n) is 1.91. The van der Waals surface area contributed by atoms with Gasteiger partial charge in [-0.25, -0.2) is 9.07 Å². The quantitative estimate of drug-likeness (QED) is 0.897. The van der Waals surface area contributed by atoms with Crippen molar-refractivity contribution in [2.45, 2.75) is 26.8 Å². The maximum absolute atomic E-state index is 13.9. The van der Waals surface area contributed by atoms with Gasteiger partial charge in [-0.2, -0.15) is 10.4 Å². The summed E-state index contributed by atoms with van der Waals surface area (Å²) in [5.41, 5.74) is 7.72. The minimum atomic E-state index is -0.495. The monoisotopic (exact) mass is 273 g/mol. The molecule has 1 heterocycles. The van der Waals surface area contributed by atoms with Gasteiger partial charge in [-0.15, -0.1) is 0 Å². The van der Waals surface area contributed by atoms with Crippen molar-refractivity contribution in [1.82, 2.24) is 9.78 Å². The number of rotatable bonds is 4. The first-order chi connectivity index (χ1) is 9.56. The maximum atomic E-state index is 13.9. The fraction of sp³-hybridized carbons (Fsp3) is 0.286. The van der Waals surface area contributed by atoms with Crippen LogP contribution >= 0.6 is 0 Å². The summed E-state index contributed by atoms with van der Waals surface area (Å²) in [6, 6.07) is 6.15. The van der Waals surface area contributed by atoms with Crippen LogP contribution in [0.1, 0.15) is 24.6 Å². The number of anilines is 3. The van der Waals surface area contributed by atoms with E-state index in [0.717, 1.165) is 6.42 Å². The van der Waals surface area contributed by atoms with Crippen molar-refractivity contribution in [3.63, 3.8) is 0 Å². The number of nitrogen functional groups attached to an aromatic ring is 1. The summed E-state index contributed by atoms with van der Waals surface area (Å²) in [6.45, 7) is 4.53. The molecule has 0 saturated heterocycles. The summed E-state index contributed by atoms with van der Waals surface area (Å²) >= 11 is 0. The zero-order valence-corrected chi connectivity index (χ0v) is 11.4. The zero-order chi connectivity index (χ0) is 14.7. The number of aromatic nitrogens is 2. The Kier molecular flexibility index (Phi) is 3.89. The van der Waals surface area contributed by atoms with Gasteiger partial charge in [0.05, 0.1) is 28.7 Å². The summed E-state index contributed by atoms with van der Waals surface area (Å²) in [6.07, 6.45) is 0.894. The van der Waals surface area contributed by atoms with E-state index in [-0.39, 0.29) is 11.3 Å². The van der Waals surface area contributed by atoms with Crippen molar-refractivity contribution < 1.29 is 4.39 Å². The summed E-state index contributed by atoms with van der Waals surface area (Å²) in [5.74, 6) is 0.0818. The van der Waals surface area contributed by atoms with E-state index in [0.29, 0.717) is 23.7 Å². The minimum absolute atomic E-state index is 0.271. The predicted molar refractivity (Wildman–Crippen MR) is 76.1 cm³/mol. The Morgan fingerprint density at radius 2 is 2.25 bits per heavy atom. The third-order valence-electron chi connectivity index (χ3n) is 2.96. The lowest BCUT2D eigenvalue weighted by atomic mass is 10.2. The molecule has 6 heteroatoms. The number of nitrogens with two attached hydrogens (primary N) is 1. The van der Waals surface area contributed by atoms with Crippen LogP contribution < -0.4 is 11.1 Å². The second kappa shape index (κ2) is 5.61. The number of nitrogens with zero attached hydrogens (tertiary/aromatic N) is 3. The molecule has 0 radical (unpaired) electrons. The van der Waals surface area contributed by atoms with E-state index in [2.05, 4.69) is 10.4 Å². The van der Waals surface area contributed by atoms with E-state index >= 15 is 0 Å². The molecule has 1 aromatic carbocycles. The molecular weight excluding hydrogens is 257 g/mol. The molecule has 0 fully saturated rings. The third kappa shape index (κ3) is 2.57. The van der Waals surface area contributed by atoms with Crippen molar-refractivity contribution in [1.29, 1.82) is 5.26 Å². The number of halogens is 1. The second-order valence-electron chi connectivity index (χ2n) is 4.50. The van der Waals surface area contributed by atoms with Crippen LogP contribution in [0.25, 0.3) is 0 Å². The Morgan fingerprint density at radius 1 is 1.50 bits per heavy atom. The predicted octanol–water partition coefficient (Wildman–Crippen LogP) is 2.94. The molecule has 2 aromatic rings. The van der Waals surface area contributed by atoms with Gasteiger partial charge < -0.3 is 11.1 Å². The van der Waals surface area contributed by atoms with Gasteiger partial charge in [0.15, 0.2) is 5.82 Å². The Labute approximate surface area is 116 Å². The van der Waals surface area contributed by atoms with Crippen LogP contribution in [0.3, 0.4) is 0 Å². The molecule has 0 saturated carbocycles. The average Bonchev–Trinajstić information content (AvgIpc) is 2.69. The largest absolute Gasteiger partial charge is 0.394 e. The topological polar surface area (TPSA) is 79.7 Å². The van der Waals surface area contributed by atoms with E-state index in [1.807, 2.05) is 19.9 Å². The molecule has 5 nitrogen and oxygen atoms in total. The van der Waals surface area contributed by atoms with Crippen molar-refractivity contribution in [3.8, 4) is 6.07 Å². The first-order valence-corrected chi connectivity index (χ1v) is 6.36. The van der Waals surface area contributed by atoms with Gasteiger partial charge in [0.25, 0.3) is 0 Å². The van der Waals surface area contributed by atoms with E-state index in [1.54, 1.807) is 10.7 Å². The number of nitriles is 1. The molecule has 104 valence electrons. The molecule has 0 amide bonds. The minimum Gasteiger partial charge on any atom is -0.394 e. The molecule has 1 aromatic heterocycles. The van der Waals surface area contributed by atoms with Crippen molar-refractivity contribution in [3.05, 3.63) is 35.3 Å². The molecule has 0 spiro atoms. The first-order valence-electron chi connectivity index (χ1n) is 6.36. The maximum Gasteiger partial charge on any atom is 0.152 e. The smallest absolute Gasteiger partial charge is 0.152 e. The average molecular weight is 273 g/mol. The highest BCUT2D eigenvalue weighted by atomic mass is 19.1. The van der Waals surface area contributed by atoms with Gasteiger partial charge in [0.2, 0.25) is 0 Å². The molecule has 0 unspecified atom stereocenters. The zero-order valence-electron chi connectivity index (χ0n) is 11.4. The van der Waals surface area contributed by atoms with Crippen molar-refractivity contribution >= 4 is 17.2 Å². The van der Waals surface area contributed by atoms with Crippen LogP contribution in [0.15, 0.2) is 18.2 Å². The van der Waals surface area contributed by atoms with E-state index in [1.165, 1.54) is 12.1 Å². The highest BCUT2D eigenvalue weighted by Gasteiger charge is 2.14. The third-order valence-corrected chi connectivity index (χ3v) is 2.96. The fourth-order valence-corrected chi connectivity index (χ4v) is 1.91. The lowest BCUT2D eigenvalue weighted by Crippen LogP contribution is -2.06. The summed E-state index contributed by atoms with van der Waals surface area (Å²) in [4.78, 5) is 0. The van der Waals surface area contributed by atoms with Crippen LogP contribution in [-0.4, -0.2) is 9.78 Å². The Hall–Kier alpha value is -2.55. The van der Waals surface area contributed by atoms with Gasteiger partial charge >= 0.3 is 0 Å². The molecule has 0 aliphatic rings. The molecule has 20 heavy (non-hydrogen) atoms. The number of nitrogens with one attached hydrogen (secondary N) is 1. The lowest BCUT2D eigenvalue weighted by molar-refractivity contribution is 0.603. The summed E-state index contributed by atoms with van der Waals surface area (Å²) in [5, 5.41) is 16.0.